The van der Waals surface area contributed by atoms with Gasteiger partial charge in [0.2, 0.25) is 11.8 Å². The SMILES string of the molecule is CCCCCCCCCCCCCCCCCC(=O)NCCC(=O)NCCC(=O)O. The van der Waals surface area contributed by atoms with Gasteiger partial charge in [0.15, 0.2) is 0 Å². The van der Waals surface area contributed by atoms with Crippen LogP contribution in [0.25, 0.3) is 0 Å². The van der Waals surface area contributed by atoms with Gasteiger partial charge in [-0.15, -0.1) is 0 Å². The summed E-state index contributed by atoms with van der Waals surface area (Å²) in [7, 11) is 0. The van der Waals surface area contributed by atoms with Crippen LogP contribution < -0.4 is 10.6 Å². The molecule has 176 valence electrons. The number of amides is 2. The predicted octanol–water partition coefficient (Wildman–Crippen LogP) is 5.35. The molecule has 3 N–H and O–H groups in total. The van der Waals surface area contributed by atoms with Crippen molar-refractivity contribution in [2.75, 3.05) is 13.1 Å². The lowest BCUT2D eigenvalue weighted by Gasteiger charge is -2.06. The highest BCUT2D eigenvalue weighted by Gasteiger charge is 2.05. The van der Waals surface area contributed by atoms with Gasteiger partial charge in [0.1, 0.15) is 0 Å². The molecule has 0 aliphatic heterocycles. The molecule has 6 nitrogen and oxygen atoms in total. The zero-order chi connectivity index (χ0) is 22.3. The third-order valence-electron chi connectivity index (χ3n) is 5.34. The molecule has 0 saturated heterocycles. The minimum atomic E-state index is -0.938. The Labute approximate surface area is 184 Å². The fourth-order valence-corrected chi connectivity index (χ4v) is 3.46. The summed E-state index contributed by atoms with van der Waals surface area (Å²) < 4.78 is 0. The van der Waals surface area contributed by atoms with Crippen molar-refractivity contribution in [1.29, 1.82) is 0 Å². The Bertz CT molecular complexity index is 441. The average Bonchev–Trinajstić information content (AvgIpc) is 2.70. The molecule has 0 aliphatic carbocycles. The topological polar surface area (TPSA) is 95.5 Å². The van der Waals surface area contributed by atoms with E-state index < -0.39 is 5.97 Å². The van der Waals surface area contributed by atoms with Crippen LogP contribution in [-0.4, -0.2) is 36.0 Å². The number of nitrogens with one attached hydrogen (secondary N) is 2. The predicted molar refractivity (Wildman–Crippen MR) is 122 cm³/mol. The minimum absolute atomic E-state index is 0.0111. The van der Waals surface area contributed by atoms with E-state index >= 15 is 0 Å². The van der Waals surface area contributed by atoms with Crippen molar-refractivity contribution < 1.29 is 19.5 Å². The van der Waals surface area contributed by atoms with Gasteiger partial charge in [0.05, 0.1) is 6.42 Å². The Morgan fingerprint density at radius 1 is 0.533 bits per heavy atom. The van der Waals surface area contributed by atoms with E-state index in [4.69, 9.17) is 5.11 Å². The molecule has 0 bridgehead atoms. The van der Waals surface area contributed by atoms with E-state index in [9.17, 15) is 14.4 Å². The van der Waals surface area contributed by atoms with Gasteiger partial charge in [-0.1, -0.05) is 96.8 Å². The van der Waals surface area contributed by atoms with Crippen molar-refractivity contribution in [3.63, 3.8) is 0 Å². The van der Waals surface area contributed by atoms with Crippen LogP contribution in [0.3, 0.4) is 0 Å². The van der Waals surface area contributed by atoms with Crippen molar-refractivity contribution in [3.05, 3.63) is 0 Å². The number of carbonyl (C=O) groups is 3. The van der Waals surface area contributed by atoms with Crippen LogP contribution >= 0.6 is 0 Å². The lowest BCUT2D eigenvalue weighted by molar-refractivity contribution is -0.137. The normalized spacial score (nSPS) is 10.7. The molecule has 6 heteroatoms. The molecular formula is C24H46N2O4. The molecule has 0 atom stereocenters. The Morgan fingerprint density at radius 2 is 0.900 bits per heavy atom. The third kappa shape index (κ3) is 22.7. The summed E-state index contributed by atoms with van der Waals surface area (Å²) in [4.78, 5) is 33.6. The Hall–Kier alpha value is -1.59. The number of carboxylic acids is 1. The Balaban J connectivity index is 3.26. The highest BCUT2D eigenvalue weighted by atomic mass is 16.4. The number of carbonyl (C=O) groups excluding carboxylic acids is 2. The summed E-state index contributed by atoms with van der Waals surface area (Å²) in [6.45, 7) is 2.69. The standard InChI is InChI=1S/C24H46N2O4/c1-2-3-4-5-6-7-8-9-10-11-12-13-14-15-16-17-22(27)25-20-18-23(28)26-21-19-24(29)30/h2-21H2,1H3,(H,25,27)(H,26,28)(H,29,30). The second kappa shape index (κ2) is 22.1. The average molecular weight is 427 g/mol. The van der Waals surface area contributed by atoms with Crippen LogP contribution in [0.5, 0.6) is 0 Å². The van der Waals surface area contributed by atoms with Gasteiger partial charge in [-0.2, -0.15) is 0 Å². The van der Waals surface area contributed by atoms with E-state index in [0.717, 1.165) is 12.8 Å². The number of rotatable bonds is 22. The van der Waals surface area contributed by atoms with Crippen LogP contribution in [-0.2, 0) is 14.4 Å². The second-order valence-electron chi connectivity index (χ2n) is 8.29. The highest BCUT2D eigenvalue weighted by molar-refractivity contribution is 5.79. The summed E-state index contributed by atoms with van der Waals surface area (Å²) in [6, 6.07) is 0. The molecule has 0 radical (unpaired) electrons. The van der Waals surface area contributed by atoms with E-state index in [-0.39, 0.29) is 31.2 Å². The largest absolute Gasteiger partial charge is 0.481 e. The van der Waals surface area contributed by atoms with Crippen molar-refractivity contribution >= 4 is 17.8 Å². The van der Waals surface area contributed by atoms with Crippen molar-refractivity contribution in [2.45, 2.75) is 122 Å². The van der Waals surface area contributed by atoms with Crippen LogP contribution in [0.1, 0.15) is 122 Å². The molecule has 0 heterocycles. The molecule has 0 spiro atoms. The molecule has 0 rings (SSSR count). The lowest BCUT2D eigenvalue weighted by Crippen LogP contribution is -2.31. The second-order valence-corrected chi connectivity index (χ2v) is 8.29. The fourth-order valence-electron chi connectivity index (χ4n) is 3.46. The maximum Gasteiger partial charge on any atom is 0.305 e. The van der Waals surface area contributed by atoms with Crippen LogP contribution in [0.15, 0.2) is 0 Å². The van der Waals surface area contributed by atoms with Gasteiger partial charge < -0.3 is 15.7 Å². The van der Waals surface area contributed by atoms with Gasteiger partial charge in [0, 0.05) is 25.9 Å². The quantitative estimate of drug-likeness (QED) is 0.203. The highest BCUT2D eigenvalue weighted by Crippen LogP contribution is 2.13. The first-order chi connectivity index (χ1) is 14.6. The van der Waals surface area contributed by atoms with Crippen LogP contribution in [0.4, 0.5) is 0 Å². The number of aliphatic carboxylic acids is 1. The first-order valence-corrected chi connectivity index (χ1v) is 12.3. The maximum absolute atomic E-state index is 11.7. The fraction of sp³-hybridized carbons (Fsp3) is 0.875. The van der Waals surface area contributed by atoms with Gasteiger partial charge >= 0.3 is 5.97 Å². The first-order valence-electron chi connectivity index (χ1n) is 12.3. The van der Waals surface area contributed by atoms with Crippen LogP contribution in [0, 0.1) is 0 Å². The molecule has 30 heavy (non-hydrogen) atoms. The number of carboxylic acid groups (broad SMARTS) is 1. The van der Waals surface area contributed by atoms with Gasteiger partial charge in [0.25, 0.3) is 0 Å². The minimum Gasteiger partial charge on any atom is -0.481 e. The molecule has 0 aromatic heterocycles. The van der Waals surface area contributed by atoms with E-state index in [1.54, 1.807) is 0 Å². The number of hydrogen-bond acceptors (Lipinski definition) is 3. The Kier molecular flexibility index (Phi) is 20.9. The summed E-state index contributed by atoms with van der Waals surface area (Å²) in [5.74, 6) is -1.18. The monoisotopic (exact) mass is 426 g/mol. The molecule has 0 aromatic carbocycles. The van der Waals surface area contributed by atoms with Crippen molar-refractivity contribution in [1.82, 2.24) is 10.6 Å². The van der Waals surface area contributed by atoms with Gasteiger partial charge in [-0.3, -0.25) is 14.4 Å². The molecule has 2 amide bonds. The van der Waals surface area contributed by atoms with Crippen LogP contribution in [0.2, 0.25) is 0 Å². The molecule has 0 unspecified atom stereocenters. The maximum atomic E-state index is 11.7. The lowest BCUT2D eigenvalue weighted by atomic mass is 10.0. The smallest absolute Gasteiger partial charge is 0.305 e. The number of hydrogen-bond donors (Lipinski definition) is 3. The van der Waals surface area contributed by atoms with Gasteiger partial charge in [-0.05, 0) is 6.42 Å². The molecule has 0 aromatic rings. The molecule has 0 aliphatic rings. The molecular weight excluding hydrogens is 380 g/mol. The van der Waals surface area contributed by atoms with Gasteiger partial charge in [-0.25, -0.2) is 0 Å². The molecule has 0 fully saturated rings. The Morgan fingerprint density at radius 3 is 1.33 bits per heavy atom. The third-order valence-corrected chi connectivity index (χ3v) is 5.34. The van der Waals surface area contributed by atoms with E-state index in [1.165, 1.54) is 83.5 Å². The first kappa shape index (κ1) is 28.4. The summed E-state index contributed by atoms with van der Waals surface area (Å²) in [6.07, 6.45) is 20.2. The van der Waals surface area contributed by atoms with E-state index in [2.05, 4.69) is 17.6 Å². The van der Waals surface area contributed by atoms with Crippen molar-refractivity contribution in [2.24, 2.45) is 0 Å². The number of unbranched alkanes of at least 4 members (excludes halogenated alkanes) is 14. The van der Waals surface area contributed by atoms with E-state index in [0.29, 0.717) is 13.0 Å². The summed E-state index contributed by atoms with van der Waals surface area (Å²) in [5, 5.41) is 13.8. The molecule has 0 saturated carbocycles. The van der Waals surface area contributed by atoms with E-state index in [1.807, 2.05) is 0 Å². The summed E-state index contributed by atoms with van der Waals surface area (Å²) >= 11 is 0. The zero-order valence-electron chi connectivity index (χ0n) is 19.3. The van der Waals surface area contributed by atoms with Crippen molar-refractivity contribution in [3.8, 4) is 0 Å². The zero-order valence-corrected chi connectivity index (χ0v) is 19.3. The summed E-state index contributed by atoms with van der Waals surface area (Å²) in [5.41, 5.74) is 0.